The Morgan fingerprint density at radius 1 is 1.06 bits per heavy atom. The van der Waals surface area contributed by atoms with Gasteiger partial charge in [0.05, 0.1) is 33.2 Å². The van der Waals surface area contributed by atoms with Crippen molar-refractivity contribution in [3.8, 4) is 5.69 Å². The second kappa shape index (κ2) is 7.99. The Morgan fingerprint density at radius 3 is 2.56 bits per heavy atom. The van der Waals surface area contributed by atoms with Crippen molar-refractivity contribution in [2.45, 2.75) is 10.4 Å². The van der Waals surface area contributed by atoms with Gasteiger partial charge in [0.25, 0.3) is 9.84 Å². The molecule has 1 aromatic heterocycles. The lowest BCUT2D eigenvalue weighted by molar-refractivity contribution is -0.0436. The first-order valence-electron chi connectivity index (χ1n) is 8.94. The van der Waals surface area contributed by atoms with Crippen molar-refractivity contribution in [2.75, 3.05) is 5.01 Å². The van der Waals surface area contributed by atoms with Crippen molar-refractivity contribution < 1.29 is 26.0 Å². The molecule has 0 spiro atoms. The van der Waals surface area contributed by atoms with Crippen LogP contribution in [0.25, 0.3) is 11.4 Å². The fraction of sp³-hybridized carbons (Fsp3) is 0.0500. The maximum Gasteiger partial charge on any atom is 0.501 e. The zero-order valence-electron chi connectivity index (χ0n) is 15.9. The van der Waals surface area contributed by atoms with Crippen LogP contribution in [0.4, 0.5) is 23.2 Å². The Morgan fingerprint density at radius 2 is 1.81 bits per heavy atom. The molecular weight excluding hydrogens is 472 g/mol. The summed E-state index contributed by atoms with van der Waals surface area (Å²) in [5.41, 5.74) is -1.38. The smallest absolute Gasteiger partial charge is 0.292 e. The van der Waals surface area contributed by atoms with Crippen LogP contribution in [0, 0.1) is 5.82 Å². The molecule has 0 saturated heterocycles. The summed E-state index contributed by atoms with van der Waals surface area (Å²) in [6, 6.07) is 10.4. The second-order valence-corrected chi connectivity index (χ2v) is 8.90. The number of benzene rings is 2. The van der Waals surface area contributed by atoms with E-state index in [9.17, 15) is 26.0 Å². The highest BCUT2D eigenvalue weighted by molar-refractivity contribution is 7.92. The summed E-state index contributed by atoms with van der Waals surface area (Å²) in [5, 5.41) is 5.37. The third kappa shape index (κ3) is 3.84. The van der Waals surface area contributed by atoms with Crippen molar-refractivity contribution in [3.05, 3.63) is 89.6 Å². The number of alkyl halides is 3. The van der Waals surface area contributed by atoms with Gasteiger partial charge in [-0.1, -0.05) is 23.7 Å². The van der Waals surface area contributed by atoms with Crippen molar-refractivity contribution in [1.29, 1.82) is 0 Å². The summed E-state index contributed by atoms with van der Waals surface area (Å²) in [5.74, 6) is -0.673. The summed E-state index contributed by atoms with van der Waals surface area (Å²) in [6.45, 7) is 0. The average Bonchev–Trinajstić information content (AvgIpc) is 3.25. The summed E-state index contributed by atoms with van der Waals surface area (Å²) in [7, 11) is -5.51. The maximum atomic E-state index is 14.5. The molecule has 1 aliphatic heterocycles. The Labute approximate surface area is 184 Å². The number of nitrogens with zero attached hydrogens (tertiary/aromatic N) is 3. The number of allylic oxidation sites excluding steroid dienone is 2. The molecule has 2 aromatic carbocycles. The van der Waals surface area contributed by atoms with E-state index < -0.39 is 26.1 Å². The highest BCUT2D eigenvalue weighted by Gasteiger charge is 2.47. The Kier molecular flexibility index (Phi) is 5.47. The minimum absolute atomic E-state index is 0.0845. The molecule has 3 aromatic rings. The molecule has 1 aliphatic rings. The molecule has 2 heterocycles. The number of sulfone groups is 1. The largest absolute Gasteiger partial charge is 0.501 e. The highest BCUT2D eigenvalue weighted by Crippen LogP contribution is 2.32. The summed E-state index contributed by atoms with van der Waals surface area (Å²) < 4.78 is 78.1. The van der Waals surface area contributed by atoms with E-state index in [0.717, 1.165) is 12.1 Å². The molecule has 166 valence electrons. The van der Waals surface area contributed by atoms with Crippen molar-refractivity contribution in [1.82, 2.24) is 15.2 Å². The topological polar surface area (TPSA) is 67.2 Å². The highest BCUT2D eigenvalue weighted by atomic mass is 35.5. The molecule has 6 nitrogen and oxygen atoms in total. The van der Waals surface area contributed by atoms with E-state index in [1.165, 1.54) is 46.4 Å². The minimum Gasteiger partial charge on any atom is -0.292 e. The van der Waals surface area contributed by atoms with E-state index in [1.807, 2.05) is 0 Å². The molecule has 0 saturated carbocycles. The van der Waals surface area contributed by atoms with Gasteiger partial charge in [-0.15, -0.1) is 0 Å². The fourth-order valence-corrected chi connectivity index (χ4v) is 3.98. The minimum atomic E-state index is -5.51. The van der Waals surface area contributed by atoms with E-state index in [-0.39, 0.29) is 16.4 Å². The van der Waals surface area contributed by atoms with Crippen LogP contribution in [0.5, 0.6) is 0 Å². The zero-order valence-corrected chi connectivity index (χ0v) is 17.5. The van der Waals surface area contributed by atoms with Gasteiger partial charge in [0, 0.05) is 6.20 Å². The fourth-order valence-electron chi connectivity index (χ4n) is 3.01. The molecule has 0 radical (unpaired) electrons. The van der Waals surface area contributed by atoms with E-state index in [0.29, 0.717) is 11.4 Å². The molecule has 4 rings (SSSR count). The average molecular weight is 485 g/mol. The molecule has 0 fully saturated rings. The van der Waals surface area contributed by atoms with E-state index in [4.69, 9.17) is 11.6 Å². The second-order valence-electron chi connectivity index (χ2n) is 6.55. The van der Waals surface area contributed by atoms with Crippen molar-refractivity contribution in [2.24, 2.45) is 0 Å². The quantitative estimate of drug-likeness (QED) is 0.537. The van der Waals surface area contributed by atoms with Crippen LogP contribution in [0.2, 0.25) is 5.02 Å². The van der Waals surface area contributed by atoms with Crippen LogP contribution in [0.3, 0.4) is 0 Å². The number of hydrogen-bond acceptors (Lipinski definition) is 5. The van der Waals surface area contributed by atoms with Crippen molar-refractivity contribution >= 4 is 32.8 Å². The summed E-state index contributed by atoms with van der Waals surface area (Å²) in [4.78, 5) is -0.889. The predicted molar refractivity (Wildman–Crippen MR) is 111 cm³/mol. The molecule has 1 N–H and O–H groups in total. The Hall–Kier alpha value is -3.31. The van der Waals surface area contributed by atoms with Crippen LogP contribution in [0.1, 0.15) is 5.69 Å². The standard InChI is InChI=1S/C20H13ClF4N4O2S/c21-15-6-2-8-18(19(15)22)29-17(9-10-26-29)16-7-3-11-28(27-16)13-4-1-5-14(12-13)32(30,31)20(23,24)25/h1-12,27H. The third-order valence-electron chi connectivity index (χ3n) is 4.53. The molecule has 12 heteroatoms. The van der Waals surface area contributed by atoms with Gasteiger partial charge in [-0.25, -0.2) is 17.5 Å². The SMILES string of the molecule is O=S(=O)(c1cccc(N2C=CC=C(c3ccnn3-c3cccc(Cl)c3F)N2)c1)C(F)(F)F. The first kappa shape index (κ1) is 21.9. The summed E-state index contributed by atoms with van der Waals surface area (Å²) in [6.07, 6.45) is 6.16. The number of anilines is 1. The van der Waals surface area contributed by atoms with Crippen LogP contribution >= 0.6 is 11.6 Å². The normalized spacial score (nSPS) is 14.3. The van der Waals surface area contributed by atoms with Crippen molar-refractivity contribution in [3.63, 3.8) is 0 Å². The number of rotatable bonds is 4. The van der Waals surface area contributed by atoms with E-state index in [2.05, 4.69) is 10.5 Å². The summed E-state index contributed by atoms with van der Waals surface area (Å²) >= 11 is 5.86. The molecular formula is C20H13ClF4N4O2S. The van der Waals surface area contributed by atoms with Gasteiger partial charge >= 0.3 is 5.51 Å². The first-order valence-corrected chi connectivity index (χ1v) is 10.8. The van der Waals surface area contributed by atoms with Gasteiger partial charge in [0.1, 0.15) is 5.69 Å². The maximum absolute atomic E-state index is 14.5. The number of hydrogen-bond donors (Lipinski definition) is 1. The van der Waals surface area contributed by atoms with Crippen LogP contribution < -0.4 is 10.4 Å². The Bertz CT molecular complexity index is 1350. The van der Waals surface area contributed by atoms with E-state index in [1.54, 1.807) is 24.3 Å². The Balaban J connectivity index is 1.67. The van der Waals surface area contributed by atoms with Crippen LogP contribution in [-0.2, 0) is 9.84 Å². The number of nitrogens with one attached hydrogen (secondary N) is 1. The monoisotopic (exact) mass is 484 g/mol. The lowest BCUT2D eigenvalue weighted by atomic mass is 10.2. The molecule has 0 amide bonds. The number of hydrazine groups is 1. The lowest BCUT2D eigenvalue weighted by Gasteiger charge is -2.27. The predicted octanol–water partition coefficient (Wildman–Crippen LogP) is 4.84. The molecule has 0 bridgehead atoms. The van der Waals surface area contributed by atoms with Crippen LogP contribution in [0.15, 0.2) is 78.0 Å². The van der Waals surface area contributed by atoms with Gasteiger partial charge in [0.2, 0.25) is 0 Å². The number of halogens is 5. The van der Waals surface area contributed by atoms with Gasteiger partial charge < -0.3 is 0 Å². The van der Waals surface area contributed by atoms with Gasteiger partial charge in [-0.3, -0.25) is 10.4 Å². The van der Waals surface area contributed by atoms with Crippen LogP contribution in [-0.4, -0.2) is 23.7 Å². The molecule has 0 atom stereocenters. The molecule has 0 aliphatic carbocycles. The molecule has 0 unspecified atom stereocenters. The van der Waals surface area contributed by atoms with E-state index >= 15 is 0 Å². The third-order valence-corrected chi connectivity index (χ3v) is 6.30. The first-order chi connectivity index (χ1) is 15.1. The zero-order chi connectivity index (χ0) is 23.1. The lowest BCUT2D eigenvalue weighted by Crippen LogP contribution is -2.34. The molecule has 32 heavy (non-hydrogen) atoms. The van der Waals surface area contributed by atoms with Gasteiger partial charge in [0.15, 0.2) is 5.82 Å². The van der Waals surface area contributed by atoms with Gasteiger partial charge in [-0.05, 0) is 48.6 Å². The number of aromatic nitrogens is 2. The van der Waals surface area contributed by atoms with Gasteiger partial charge in [-0.2, -0.15) is 18.3 Å².